The van der Waals surface area contributed by atoms with E-state index >= 15 is 0 Å². The molecule has 76 valence electrons. The molecule has 0 aromatic heterocycles. The molecule has 1 rings (SSSR count). The van der Waals surface area contributed by atoms with Crippen LogP contribution in [0.3, 0.4) is 0 Å². The molecule has 1 heterocycles. The summed E-state index contributed by atoms with van der Waals surface area (Å²) in [7, 11) is 0. The van der Waals surface area contributed by atoms with Crippen LogP contribution in [0.15, 0.2) is 0 Å². The first-order valence-electron chi connectivity index (χ1n) is 4.83. The third-order valence-electron chi connectivity index (χ3n) is 3.29. The van der Waals surface area contributed by atoms with Crippen LogP contribution >= 0.6 is 0 Å². The second kappa shape index (κ2) is 3.29. The van der Waals surface area contributed by atoms with E-state index in [0.717, 1.165) is 13.1 Å². The van der Waals surface area contributed by atoms with Crippen molar-refractivity contribution >= 4 is 5.91 Å². The van der Waals surface area contributed by atoms with Gasteiger partial charge < -0.3 is 10.6 Å². The highest BCUT2D eigenvalue weighted by Crippen LogP contribution is 2.37. The van der Waals surface area contributed by atoms with Crippen LogP contribution < -0.4 is 10.6 Å². The first-order valence-corrected chi connectivity index (χ1v) is 4.83. The third-order valence-corrected chi connectivity index (χ3v) is 3.29. The van der Waals surface area contributed by atoms with Crippen LogP contribution in [0.4, 0.5) is 0 Å². The van der Waals surface area contributed by atoms with Crippen LogP contribution in [0.25, 0.3) is 0 Å². The maximum atomic E-state index is 11.1. The highest BCUT2D eigenvalue weighted by Gasteiger charge is 2.38. The van der Waals surface area contributed by atoms with Gasteiger partial charge in [-0.2, -0.15) is 0 Å². The fraction of sp³-hybridized carbons (Fsp3) is 0.900. The van der Waals surface area contributed by atoms with E-state index in [9.17, 15) is 4.79 Å². The number of carbonyl (C=O) groups is 1. The lowest BCUT2D eigenvalue weighted by molar-refractivity contribution is -0.120. The van der Waals surface area contributed by atoms with Gasteiger partial charge >= 0.3 is 0 Å². The maximum Gasteiger partial charge on any atom is 0.233 e. The Kier molecular flexibility index (Phi) is 2.66. The Morgan fingerprint density at radius 2 is 1.92 bits per heavy atom. The number of hydrogen-bond donors (Lipinski definition) is 2. The molecule has 1 atom stereocenters. The standard InChI is InChI=1S/C10H20N2O/c1-9(2,3)10(4)6-11-5-8(13)12-7-10/h11H,5-7H2,1-4H3,(H,12,13). The quantitative estimate of drug-likeness (QED) is 0.583. The molecule has 0 aromatic rings. The lowest BCUT2D eigenvalue weighted by Gasteiger charge is -2.41. The molecule has 0 radical (unpaired) electrons. The fourth-order valence-corrected chi connectivity index (χ4v) is 1.40. The number of carbonyl (C=O) groups excluding carboxylic acids is 1. The molecular formula is C10H20N2O. The zero-order valence-electron chi connectivity index (χ0n) is 9.03. The van der Waals surface area contributed by atoms with E-state index in [0.29, 0.717) is 6.54 Å². The molecular weight excluding hydrogens is 164 g/mol. The van der Waals surface area contributed by atoms with E-state index in [1.165, 1.54) is 0 Å². The minimum Gasteiger partial charge on any atom is -0.354 e. The maximum absolute atomic E-state index is 11.1. The van der Waals surface area contributed by atoms with E-state index in [-0.39, 0.29) is 16.7 Å². The summed E-state index contributed by atoms with van der Waals surface area (Å²) in [6.45, 7) is 11.0. The summed E-state index contributed by atoms with van der Waals surface area (Å²) < 4.78 is 0. The summed E-state index contributed by atoms with van der Waals surface area (Å²) in [5.41, 5.74) is 0.344. The van der Waals surface area contributed by atoms with Crippen molar-refractivity contribution in [2.75, 3.05) is 19.6 Å². The average molecular weight is 184 g/mol. The summed E-state index contributed by atoms with van der Waals surface area (Å²) >= 11 is 0. The van der Waals surface area contributed by atoms with Gasteiger partial charge in [-0.1, -0.05) is 27.7 Å². The Bertz CT molecular complexity index is 207. The summed E-state index contributed by atoms with van der Waals surface area (Å²) in [5.74, 6) is 0.105. The molecule has 3 nitrogen and oxygen atoms in total. The van der Waals surface area contributed by atoms with Crippen molar-refractivity contribution in [2.24, 2.45) is 10.8 Å². The second-order valence-electron chi connectivity index (χ2n) is 5.19. The minimum absolute atomic E-state index is 0.105. The summed E-state index contributed by atoms with van der Waals surface area (Å²) in [6, 6.07) is 0. The van der Waals surface area contributed by atoms with Crippen LogP contribution in [0.1, 0.15) is 27.7 Å². The molecule has 1 amide bonds. The average Bonchev–Trinajstić information content (AvgIpc) is 2.13. The third kappa shape index (κ3) is 2.21. The largest absolute Gasteiger partial charge is 0.354 e. The van der Waals surface area contributed by atoms with Crippen molar-refractivity contribution in [3.63, 3.8) is 0 Å². The molecule has 1 unspecified atom stereocenters. The first-order chi connectivity index (χ1) is 5.85. The highest BCUT2D eigenvalue weighted by atomic mass is 16.1. The minimum atomic E-state index is 0.105. The molecule has 0 spiro atoms. The van der Waals surface area contributed by atoms with Gasteiger partial charge in [-0.3, -0.25) is 4.79 Å². The number of hydrogen-bond acceptors (Lipinski definition) is 2. The Morgan fingerprint density at radius 1 is 1.31 bits per heavy atom. The van der Waals surface area contributed by atoms with Crippen LogP contribution in [-0.4, -0.2) is 25.5 Å². The highest BCUT2D eigenvalue weighted by molar-refractivity contribution is 5.78. The fourth-order valence-electron chi connectivity index (χ4n) is 1.40. The molecule has 0 saturated carbocycles. The summed E-state index contributed by atoms with van der Waals surface area (Å²) in [5, 5.41) is 6.12. The van der Waals surface area contributed by atoms with Crippen LogP contribution in [0, 0.1) is 10.8 Å². The predicted molar refractivity (Wildman–Crippen MR) is 53.4 cm³/mol. The Morgan fingerprint density at radius 3 is 2.46 bits per heavy atom. The van der Waals surface area contributed by atoms with E-state index in [1.54, 1.807) is 0 Å². The molecule has 3 heteroatoms. The van der Waals surface area contributed by atoms with E-state index in [4.69, 9.17) is 0 Å². The van der Waals surface area contributed by atoms with Gasteiger partial charge in [0, 0.05) is 18.5 Å². The predicted octanol–water partition coefficient (Wildman–Crippen LogP) is 0.758. The van der Waals surface area contributed by atoms with Gasteiger partial charge in [-0.05, 0) is 5.41 Å². The molecule has 1 aliphatic rings. The van der Waals surface area contributed by atoms with E-state index in [1.807, 2.05) is 0 Å². The van der Waals surface area contributed by atoms with Crippen LogP contribution in [0.5, 0.6) is 0 Å². The molecule has 0 aromatic carbocycles. The summed E-state index contributed by atoms with van der Waals surface area (Å²) in [6.07, 6.45) is 0. The normalized spacial score (nSPS) is 30.9. The summed E-state index contributed by atoms with van der Waals surface area (Å²) in [4.78, 5) is 11.1. The molecule has 1 fully saturated rings. The Labute approximate surface area is 80.3 Å². The van der Waals surface area contributed by atoms with Gasteiger partial charge in [0.05, 0.1) is 6.54 Å². The van der Waals surface area contributed by atoms with Gasteiger partial charge in [-0.25, -0.2) is 0 Å². The second-order valence-corrected chi connectivity index (χ2v) is 5.19. The van der Waals surface area contributed by atoms with Crippen molar-refractivity contribution in [3.05, 3.63) is 0 Å². The van der Waals surface area contributed by atoms with Crippen molar-refractivity contribution in [1.29, 1.82) is 0 Å². The topological polar surface area (TPSA) is 41.1 Å². The lowest BCUT2D eigenvalue weighted by atomic mass is 9.68. The lowest BCUT2D eigenvalue weighted by Crippen LogP contribution is -2.45. The van der Waals surface area contributed by atoms with Crippen molar-refractivity contribution in [1.82, 2.24) is 10.6 Å². The van der Waals surface area contributed by atoms with Crippen molar-refractivity contribution in [2.45, 2.75) is 27.7 Å². The Balaban J connectivity index is 2.74. The molecule has 1 saturated heterocycles. The first kappa shape index (κ1) is 10.5. The molecule has 1 aliphatic heterocycles. The van der Waals surface area contributed by atoms with Gasteiger partial charge in [0.25, 0.3) is 0 Å². The molecule has 0 aliphatic carbocycles. The smallest absolute Gasteiger partial charge is 0.233 e. The number of nitrogens with one attached hydrogen (secondary N) is 2. The van der Waals surface area contributed by atoms with Gasteiger partial charge in [0.1, 0.15) is 0 Å². The van der Waals surface area contributed by atoms with E-state index in [2.05, 4.69) is 38.3 Å². The van der Waals surface area contributed by atoms with Gasteiger partial charge in [0.15, 0.2) is 0 Å². The number of rotatable bonds is 0. The number of amides is 1. The van der Waals surface area contributed by atoms with Crippen molar-refractivity contribution in [3.8, 4) is 0 Å². The Hall–Kier alpha value is -0.570. The van der Waals surface area contributed by atoms with E-state index < -0.39 is 0 Å². The molecule has 2 N–H and O–H groups in total. The molecule has 13 heavy (non-hydrogen) atoms. The molecule has 0 bridgehead atoms. The zero-order valence-corrected chi connectivity index (χ0v) is 9.03. The van der Waals surface area contributed by atoms with Crippen LogP contribution in [-0.2, 0) is 4.79 Å². The van der Waals surface area contributed by atoms with Crippen LogP contribution in [0.2, 0.25) is 0 Å². The SMILES string of the molecule is CC(C)(C)C1(C)CNCC(=O)NC1. The van der Waals surface area contributed by atoms with Gasteiger partial charge in [0.2, 0.25) is 5.91 Å². The monoisotopic (exact) mass is 184 g/mol. The van der Waals surface area contributed by atoms with Gasteiger partial charge in [-0.15, -0.1) is 0 Å². The zero-order chi connectivity index (χ0) is 10.1. The van der Waals surface area contributed by atoms with Crippen molar-refractivity contribution < 1.29 is 4.79 Å².